The topological polar surface area (TPSA) is 12.0 Å². The zero-order valence-electron chi connectivity index (χ0n) is 11.6. The maximum atomic E-state index is 13.1. The van der Waals surface area contributed by atoms with Gasteiger partial charge in [0, 0.05) is 6.04 Å². The van der Waals surface area contributed by atoms with Gasteiger partial charge in [-0.1, -0.05) is 25.0 Å². The quantitative estimate of drug-likeness (QED) is 0.521. The van der Waals surface area contributed by atoms with Gasteiger partial charge in [0.2, 0.25) is 0 Å². The van der Waals surface area contributed by atoms with E-state index in [0.29, 0.717) is 6.04 Å². The number of hydrogen-bond acceptors (Lipinski definition) is 1. The highest BCUT2D eigenvalue weighted by atomic mass is 19.2. The van der Waals surface area contributed by atoms with E-state index in [1.54, 1.807) is 6.07 Å². The lowest BCUT2D eigenvalue weighted by atomic mass is 10.00. The summed E-state index contributed by atoms with van der Waals surface area (Å²) in [5.41, 5.74) is 0.837. The Balaban J connectivity index is 2.38. The summed E-state index contributed by atoms with van der Waals surface area (Å²) < 4.78 is 26.0. The van der Waals surface area contributed by atoms with Gasteiger partial charge in [0.15, 0.2) is 11.6 Å². The second-order valence-electron chi connectivity index (χ2n) is 4.86. The zero-order valence-corrected chi connectivity index (χ0v) is 11.6. The van der Waals surface area contributed by atoms with E-state index in [1.807, 2.05) is 13.1 Å². The maximum absolute atomic E-state index is 13.1. The van der Waals surface area contributed by atoms with Crippen LogP contribution in [-0.2, 0) is 6.42 Å². The molecule has 0 aromatic heterocycles. The lowest BCUT2D eigenvalue weighted by molar-refractivity contribution is 0.480. The predicted molar refractivity (Wildman–Crippen MR) is 76.2 cm³/mol. The molecule has 1 aromatic carbocycles. The third-order valence-electron chi connectivity index (χ3n) is 3.34. The van der Waals surface area contributed by atoms with Gasteiger partial charge < -0.3 is 5.32 Å². The van der Waals surface area contributed by atoms with Gasteiger partial charge >= 0.3 is 0 Å². The molecule has 1 aromatic rings. The molecule has 0 saturated carbocycles. The van der Waals surface area contributed by atoms with Crippen LogP contribution >= 0.6 is 0 Å². The van der Waals surface area contributed by atoms with E-state index in [-0.39, 0.29) is 0 Å². The number of allylic oxidation sites excluding steroid dienone is 1. The molecule has 0 heterocycles. The Morgan fingerprint density at radius 3 is 2.63 bits per heavy atom. The van der Waals surface area contributed by atoms with Gasteiger partial charge in [0.05, 0.1) is 0 Å². The normalized spacial score (nSPS) is 12.4. The van der Waals surface area contributed by atoms with Crippen molar-refractivity contribution in [2.45, 2.75) is 44.6 Å². The molecule has 3 heteroatoms. The van der Waals surface area contributed by atoms with Crippen molar-refractivity contribution in [2.75, 3.05) is 7.05 Å². The Kier molecular flexibility index (Phi) is 7.34. The SMILES string of the molecule is C=CCCCCCC(Cc1ccc(F)c(F)c1)NC. The van der Waals surface area contributed by atoms with Crippen molar-refractivity contribution in [2.24, 2.45) is 0 Å². The van der Waals surface area contributed by atoms with Crippen LogP contribution in [0.4, 0.5) is 8.78 Å². The Morgan fingerprint density at radius 2 is 2.00 bits per heavy atom. The number of rotatable bonds is 9. The van der Waals surface area contributed by atoms with Crippen molar-refractivity contribution < 1.29 is 8.78 Å². The van der Waals surface area contributed by atoms with E-state index in [0.717, 1.165) is 31.2 Å². The zero-order chi connectivity index (χ0) is 14.1. The van der Waals surface area contributed by atoms with Crippen LogP contribution in [0.5, 0.6) is 0 Å². The molecule has 0 spiro atoms. The number of likely N-dealkylation sites (N-methyl/N-ethyl adjacent to an activating group) is 1. The molecule has 1 N–H and O–H groups in total. The smallest absolute Gasteiger partial charge is 0.159 e. The van der Waals surface area contributed by atoms with E-state index in [9.17, 15) is 8.78 Å². The maximum Gasteiger partial charge on any atom is 0.159 e. The number of nitrogens with one attached hydrogen (secondary N) is 1. The summed E-state index contributed by atoms with van der Waals surface area (Å²) in [5.74, 6) is -1.55. The monoisotopic (exact) mass is 267 g/mol. The summed E-state index contributed by atoms with van der Waals surface area (Å²) >= 11 is 0. The van der Waals surface area contributed by atoms with E-state index < -0.39 is 11.6 Å². The number of halogens is 2. The van der Waals surface area contributed by atoms with Gasteiger partial charge in [-0.2, -0.15) is 0 Å². The number of hydrogen-bond donors (Lipinski definition) is 1. The van der Waals surface area contributed by atoms with Crippen molar-refractivity contribution >= 4 is 0 Å². The minimum absolute atomic E-state index is 0.314. The minimum Gasteiger partial charge on any atom is -0.317 e. The van der Waals surface area contributed by atoms with Gasteiger partial charge in [-0.3, -0.25) is 0 Å². The third-order valence-corrected chi connectivity index (χ3v) is 3.34. The van der Waals surface area contributed by atoms with Crippen molar-refractivity contribution in [3.05, 3.63) is 48.1 Å². The molecule has 0 bridgehead atoms. The largest absolute Gasteiger partial charge is 0.317 e. The molecule has 0 aliphatic heterocycles. The van der Waals surface area contributed by atoms with Gasteiger partial charge in [0.1, 0.15) is 0 Å². The van der Waals surface area contributed by atoms with Crippen LogP contribution in [-0.4, -0.2) is 13.1 Å². The average Bonchev–Trinajstić information content (AvgIpc) is 2.41. The van der Waals surface area contributed by atoms with Gasteiger partial charge in [-0.15, -0.1) is 6.58 Å². The first-order valence-electron chi connectivity index (χ1n) is 6.89. The highest BCUT2D eigenvalue weighted by Crippen LogP contribution is 2.13. The molecule has 0 aliphatic carbocycles. The fourth-order valence-corrected chi connectivity index (χ4v) is 2.16. The first-order chi connectivity index (χ1) is 9.17. The molecule has 0 radical (unpaired) electrons. The molecule has 0 amide bonds. The average molecular weight is 267 g/mol. The Hall–Kier alpha value is -1.22. The van der Waals surface area contributed by atoms with Crippen molar-refractivity contribution in [3.8, 4) is 0 Å². The van der Waals surface area contributed by atoms with E-state index in [4.69, 9.17) is 0 Å². The molecule has 106 valence electrons. The first-order valence-corrected chi connectivity index (χ1v) is 6.89. The van der Waals surface area contributed by atoms with Crippen LogP contribution in [0, 0.1) is 11.6 Å². The Bertz CT molecular complexity index is 390. The summed E-state index contributed by atoms with van der Waals surface area (Å²) in [7, 11) is 1.91. The van der Waals surface area contributed by atoms with Crippen LogP contribution in [0.1, 0.15) is 37.7 Å². The van der Waals surface area contributed by atoms with Gasteiger partial charge in [0.25, 0.3) is 0 Å². The van der Waals surface area contributed by atoms with Crippen molar-refractivity contribution in [3.63, 3.8) is 0 Å². The van der Waals surface area contributed by atoms with Crippen LogP contribution < -0.4 is 5.32 Å². The molecular formula is C16H23F2N. The molecule has 0 aliphatic rings. The Labute approximate surface area is 114 Å². The predicted octanol–water partition coefficient (Wildman–Crippen LogP) is 4.23. The first kappa shape index (κ1) is 15.8. The molecule has 1 rings (SSSR count). The lowest BCUT2D eigenvalue weighted by Crippen LogP contribution is -2.27. The highest BCUT2D eigenvalue weighted by Gasteiger charge is 2.09. The fraction of sp³-hybridized carbons (Fsp3) is 0.500. The van der Waals surface area contributed by atoms with E-state index in [1.165, 1.54) is 25.0 Å². The van der Waals surface area contributed by atoms with Gasteiger partial charge in [-0.05, 0) is 50.4 Å². The third kappa shape index (κ3) is 5.97. The van der Waals surface area contributed by atoms with Crippen LogP contribution in [0.2, 0.25) is 0 Å². The number of benzene rings is 1. The summed E-state index contributed by atoms with van der Waals surface area (Å²) in [6.45, 7) is 3.70. The summed E-state index contributed by atoms with van der Waals surface area (Å²) in [4.78, 5) is 0. The molecule has 19 heavy (non-hydrogen) atoms. The van der Waals surface area contributed by atoms with E-state index in [2.05, 4.69) is 11.9 Å². The molecule has 0 fully saturated rings. The fourth-order valence-electron chi connectivity index (χ4n) is 2.16. The van der Waals surface area contributed by atoms with Gasteiger partial charge in [-0.25, -0.2) is 8.78 Å². The Morgan fingerprint density at radius 1 is 1.21 bits per heavy atom. The summed E-state index contributed by atoms with van der Waals surface area (Å²) in [5, 5.41) is 3.24. The summed E-state index contributed by atoms with van der Waals surface area (Å²) in [6, 6.07) is 4.45. The van der Waals surface area contributed by atoms with Crippen LogP contribution in [0.25, 0.3) is 0 Å². The summed E-state index contributed by atoms with van der Waals surface area (Å²) in [6.07, 6.45) is 8.28. The molecular weight excluding hydrogens is 244 g/mol. The second kappa shape index (κ2) is 8.81. The molecule has 1 unspecified atom stereocenters. The van der Waals surface area contributed by atoms with Crippen molar-refractivity contribution in [1.29, 1.82) is 0 Å². The highest BCUT2D eigenvalue weighted by molar-refractivity contribution is 5.18. The standard InChI is InChI=1S/C16H23F2N/c1-3-4-5-6-7-8-14(19-2)11-13-9-10-15(17)16(18)12-13/h3,9-10,12,14,19H,1,4-8,11H2,2H3. The van der Waals surface area contributed by atoms with Crippen molar-refractivity contribution in [1.82, 2.24) is 5.32 Å². The second-order valence-corrected chi connectivity index (χ2v) is 4.86. The molecule has 1 atom stereocenters. The lowest BCUT2D eigenvalue weighted by Gasteiger charge is -2.16. The van der Waals surface area contributed by atoms with Crippen LogP contribution in [0.15, 0.2) is 30.9 Å². The van der Waals surface area contributed by atoms with Crippen LogP contribution in [0.3, 0.4) is 0 Å². The minimum atomic E-state index is -0.783. The van der Waals surface area contributed by atoms with E-state index >= 15 is 0 Å². The molecule has 1 nitrogen and oxygen atoms in total. The number of unbranched alkanes of at least 4 members (excludes halogenated alkanes) is 3. The molecule has 0 saturated heterocycles.